The molecular weight excluding hydrogens is 202 g/mol. The summed E-state index contributed by atoms with van der Waals surface area (Å²) in [4.78, 5) is 0. The van der Waals surface area contributed by atoms with Crippen molar-refractivity contribution in [1.82, 2.24) is 5.32 Å². The van der Waals surface area contributed by atoms with E-state index in [0.29, 0.717) is 5.25 Å². The number of fused-ring (bicyclic) bond motifs is 1. The zero-order valence-corrected chi connectivity index (χ0v) is 10.7. The van der Waals surface area contributed by atoms with Crippen molar-refractivity contribution in [2.75, 3.05) is 6.26 Å². The van der Waals surface area contributed by atoms with E-state index in [-0.39, 0.29) is 5.54 Å². The van der Waals surface area contributed by atoms with Crippen LogP contribution in [0, 0.1) is 0 Å². The molecule has 0 saturated carbocycles. The second-order valence-corrected chi connectivity index (χ2v) is 5.95. The maximum Gasteiger partial charge on any atom is 0.0383 e. The molecule has 1 N–H and O–H groups in total. The Morgan fingerprint density at radius 1 is 1.40 bits per heavy atom. The summed E-state index contributed by atoms with van der Waals surface area (Å²) in [5, 5.41) is 4.13. The van der Waals surface area contributed by atoms with Gasteiger partial charge in [0.2, 0.25) is 0 Å². The first-order chi connectivity index (χ1) is 7.04. The maximum atomic E-state index is 3.54. The molecule has 0 amide bonds. The van der Waals surface area contributed by atoms with Crippen LogP contribution in [0.4, 0.5) is 0 Å². The first-order valence-electron chi connectivity index (χ1n) is 5.46. The molecule has 0 spiro atoms. The van der Waals surface area contributed by atoms with Crippen LogP contribution in [0.3, 0.4) is 0 Å². The Hall–Kier alpha value is -0.470. The molecule has 0 radical (unpaired) electrons. The Balaban J connectivity index is 2.37. The van der Waals surface area contributed by atoms with Crippen molar-refractivity contribution in [3.8, 4) is 0 Å². The highest BCUT2D eigenvalue weighted by Crippen LogP contribution is 2.34. The fourth-order valence-electron chi connectivity index (χ4n) is 2.17. The van der Waals surface area contributed by atoms with Crippen molar-refractivity contribution in [1.29, 1.82) is 0 Å². The first kappa shape index (κ1) is 11.0. The van der Waals surface area contributed by atoms with Crippen molar-refractivity contribution in [2.24, 2.45) is 0 Å². The third-order valence-corrected chi connectivity index (χ3v) is 4.33. The summed E-state index contributed by atoms with van der Waals surface area (Å²) >= 11 is 1.90. The fraction of sp³-hybridized carbons (Fsp3) is 0.538. The van der Waals surface area contributed by atoms with E-state index in [9.17, 15) is 0 Å². The van der Waals surface area contributed by atoms with E-state index in [2.05, 4.69) is 50.5 Å². The predicted molar refractivity (Wildman–Crippen MR) is 68.2 cm³/mol. The monoisotopic (exact) mass is 221 g/mol. The molecule has 1 unspecified atom stereocenters. The molecule has 0 fully saturated rings. The molecule has 0 bridgehead atoms. The van der Waals surface area contributed by atoms with Gasteiger partial charge < -0.3 is 5.32 Å². The van der Waals surface area contributed by atoms with Gasteiger partial charge in [-0.25, -0.2) is 0 Å². The number of hydrogen-bond donors (Lipinski definition) is 1. The lowest BCUT2D eigenvalue weighted by Crippen LogP contribution is -2.28. The quantitative estimate of drug-likeness (QED) is 0.821. The van der Waals surface area contributed by atoms with E-state index in [1.807, 2.05) is 11.8 Å². The van der Waals surface area contributed by atoms with E-state index < -0.39 is 0 Å². The molecule has 1 atom stereocenters. The van der Waals surface area contributed by atoms with E-state index in [1.165, 1.54) is 16.7 Å². The smallest absolute Gasteiger partial charge is 0.0383 e. The third-order valence-electron chi connectivity index (χ3n) is 3.35. The highest BCUT2D eigenvalue weighted by atomic mass is 32.2. The van der Waals surface area contributed by atoms with Gasteiger partial charge in [-0.05, 0) is 43.7 Å². The van der Waals surface area contributed by atoms with Crippen LogP contribution in [0.1, 0.15) is 42.7 Å². The van der Waals surface area contributed by atoms with Crippen molar-refractivity contribution in [3.05, 3.63) is 34.9 Å². The van der Waals surface area contributed by atoms with E-state index >= 15 is 0 Å². The molecule has 1 aliphatic rings. The van der Waals surface area contributed by atoms with Gasteiger partial charge in [-0.3, -0.25) is 0 Å². The van der Waals surface area contributed by atoms with E-state index in [4.69, 9.17) is 0 Å². The minimum atomic E-state index is 0.149. The number of benzene rings is 1. The lowest BCUT2D eigenvalue weighted by atomic mass is 9.93. The van der Waals surface area contributed by atoms with Gasteiger partial charge in [-0.15, -0.1) is 0 Å². The molecule has 82 valence electrons. The number of nitrogens with one attached hydrogen (secondary N) is 1. The highest BCUT2D eigenvalue weighted by Gasteiger charge is 2.28. The van der Waals surface area contributed by atoms with E-state index in [1.54, 1.807) is 0 Å². The Labute approximate surface area is 96.7 Å². The average molecular weight is 221 g/mol. The van der Waals surface area contributed by atoms with Gasteiger partial charge in [-0.1, -0.05) is 18.2 Å². The van der Waals surface area contributed by atoms with Gasteiger partial charge in [0.05, 0.1) is 0 Å². The molecule has 1 aromatic rings. The van der Waals surface area contributed by atoms with Gasteiger partial charge in [0.15, 0.2) is 0 Å². The largest absolute Gasteiger partial charge is 0.304 e. The summed E-state index contributed by atoms with van der Waals surface area (Å²) in [6.07, 6.45) is 2.17. The predicted octanol–water partition coefficient (Wildman–Crippen LogP) is 3.45. The number of thioether (sulfide) groups is 1. The Kier molecular flexibility index (Phi) is 2.82. The minimum absolute atomic E-state index is 0.149. The van der Waals surface area contributed by atoms with Crippen LogP contribution in [-0.2, 0) is 12.1 Å². The van der Waals surface area contributed by atoms with Gasteiger partial charge in [0, 0.05) is 17.3 Å². The normalized spacial score (nSPS) is 20.0. The highest BCUT2D eigenvalue weighted by molar-refractivity contribution is 7.98. The molecular formula is C13H19NS. The van der Waals surface area contributed by atoms with Crippen molar-refractivity contribution >= 4 is 11.8 Å². The molecule has 1 aromatic carbocycles. The summed E-state index contributed by atoms with van der Waals surface area (Å²) in [5.41, 5.74) is 4.52. The van der Waals surface area contributed by atoms with Crippen LogP contribution in [0.5, 0.6) is 0 Å². The van der Waals surface area contributed by atoms with Crippen LogP contribution < -0.4 is 5.32 Å². The van der Waals surface area contributed by atoms with Gasteiger partial charge in [0.25, 0.3) is 0 Å². The van der Waals surface area contributed by atoms with Crippen LogP contribution in [0.25, 0.3) is 0 Å². The summed E-state index contributed by atoms with van der Waals surface area (Å²) in [6.45, 7) is 7.77. The van der Waals surface area contributed by atoms with Crippen LogP contribution in [0.2, 0.25) is 0 Å². The zero-order valence-electron chi connectivity index (χ0n) is 9.92. The Morgan fingerprint density at radius 2 is 2.13 bits per heavy atom. The van der Waals surface area contributed by atoms with Crippen LogP contribution in [0.15, 0.2) is 18.2 Å². The summed E-state index contributed by atoms with van der Waals surface area (Å²) < 4.78 is 0. The molecule has 0 aliphatic carbocycles. The summed E-state index contributed by atoms with van der Waals surface area (Å²) in [7, 11) is 0. The lowest BCUT2D eigenvalue weighted by molar-refractivity contribution is 0.442. The minimum Gasteiger partial charge on any atom is -0.304 e. The molecule has 2 heteroatoms. The molecule has 0 aromatic heterocycles. The Bertz CT molecular complexity index is 371. The second-order valence-electron chi connectivity index (χ2n) is 4.77. The first-order valence-corrected chi connectivity index (χ1v) is 6.74. The van der Waals surface area contributed by atoms with Gasteiger partial charge in [0.1, 0.15) is 0 Å². The fourth-order valence-corrected chi connectivity index (χ4v) is 2.59. The molecule has 1 heterocycles. The van der Waals surface area contributed by atoms with Gasteiger partial charge in [-0.2, -0.15) is 11.8 Å². The molecule has 0 saturated heterocycles. The summed E-state index contributed by atoms with van der Waals surface area (Å²) in [6, 6.07) is 6.92. The van der Waals surface area contributed by atoms with Crippen molar-refractivity contribution in [3.63, 3.8) is 0 Å². The molecule has 2 rings (SSSR count). The lowest BCUT2D eigenvalue weighted by Gasteiger charge is -2.20. The third kappa shape index (κ3) is 1.93. The Morgan fingerprint density at radius 3 is 2.80 bits per heavy atom. The zero-order chi connectivity index (χ0) is 11.1. The van der Waals surface area contributed by atoms with Crippen LogP contribution in [-0.4, -0.2) is 6.26 Å². The molecule has 1 nitrogen and oxygen atoms in total. The number of rotatable bonds is 2. The molecule has 1 aliphatic heterocycles. The van der Waals surface area contributed by atoms with E-state index in [0.717, 1.165) is 6.54 Å². The topological polar surface area (TPSA) is 12.0 Å². The number of hydrogen-bond acceptors (Lipinski definition) is 2. The SMILES string of the molecule is CSC(C)c1ccc2c(c1)CNC2(C)C. The van der Waals surface area contributed by atoms with Crippen LogP contribution >= 0.6 is 11.8 Å². The molecule has 15 heavy (non-hydrogen) atoms. The summed E-state index contributed by atoms with van der Waals surface area (Å²) in [5.74, 6) is 0. The second kappa shape index (κ2) is 3.84. The van der Waals surface area contributed by atoms with Gasteiger partial charge >= 0.3 is 0 Å². The standard InChI is InChI=1S/C13H19NS/c1-9(15-4)10-5-6-12-11(7-10)8-14-13(12,2)3/h5-7,9,14H,8H2,1-4H3. The van der Waals surface area contributed by atoms with Crippen molar-refractivity contribution in [2.45, 2.75) is 38.1 Å². The maximum absolute atomic E-state index is 3.54. The van der Waals surface area contributed by atoms with Crippen molar-refractivity contribution < 1.29 is 0 Å². The average Bonchev–Trinajstić information content (AvgIpc) is 2.53.